The summed E-state index contributed by atoms with van der Waals surface area (Å²) >= 11 is 0. The summed E-state index contributed by atoms with van der Waals surface area (Å²) in [6.07, 6.45) is -61.7. The van der Waals surface area contributed by atoms with Crippen LogP contribution < -0.4 is 0 Å². The van der Waals surface area contributed by atoms with Crippen molar-refractivity contribution in [3.8, 4) is 0 Å². The molecular weight excluding hydrogens is 1210 g/mol. The van der Waals surface area contributed by atoms with E-state index in [-0.39, 0.29) is 0 Å². The molecule has 0 bridgehead atoms. The first-order valence-corrected chi connectivity index (χ1v) is 29.8. The largest absolute Gasteiger partial charge is 0.394 e. The highest BCUT2D eigenvalue weighted by molar-refractivity contribution is 5.01. The summed E-state index contributed by atoms with van der Waals surface area (Å²) in [7, 11) is 0. The third-order valence-electron chi connectivity index (χ3n) is 18.4. The summed E-state index contributed by atoms with van der Waals surface area (Å²) in [5.74, 6) is -3.98. The first-order valence-electron chi connectivity index (χ1n) is 29.8. The highest BCUT2D eigenvalue weighted by Gasteiger charge is 2.59. The van der Waals surface area contributed by atoms with Crippen LogP contribution in [0.5, 0.6) is 0 Å². The molecule has 0 spiro atoms. The molecular formula is C53H92O36. The van der Waals surface area contributed by atoms with E-state index in [0.717, 1.165) is 0 Å². The van der Waals surface area contributed by atoms with Gasteiger partial charge in [0.05, 0.1) is 83.4 Å². The van der Waals surface area contributed by atoms with Crippen molar-refractivity contribution >= 4 is 0 Å². The monoisotopic (exact) mass is 1300 g/mol. The molecule has 36 heteroatoms. The van der Waals surface area contributed by atoms with Crippen molar-refractivity contribution in [3.05, 3.63) is 0 Å². The van der Waals surface area contributed by atoms with Crippen molar-refractivity contribution in [1.29, 1.82) is 0 Å². The molecule has 40 atom stereocenters. The topological polar surface area (TPSA) is 563 Å². The molecule has 0 saturated carbocycles. The highest BCUT2D eigenvalue weighted by atomic mass is 16.8. The Kier molecular flexibility index (Phi) is 26.1. The highest BCUT2D eigenvalue weighted by Crippen LogP contribution is 2.41. The van der Waals surface area contributed by atoms with Gasteiger partial charge in [-0.1, -0.05) is 27.7 Å². The minimum absolute atomic E-state index is 0.498. The summed E-state index contributed by atoms with van der Waals surface area (Å²) < 4.78 is 89.7. The van der Waals surface area contributed by atoms with E-state index in [1.54, 1.807) is 13.8 Å². The lowest BCUT2D eigenvalue weighted by atomic mass is 9.88. The fraction of sp³-hybridized carbons (Fsp3) is 1.00. The molecule has 0 aliphatic carbocycles. The van der Waals surface area contributed by atoms with Crippen molar-refractivity contribution < 1.29 is 178 Å². The number of aliphatic hydroxyl groups is 21. The van der Waals surface area contributed by atoms with E-state index in [0.29, 0.717) is 0 Å². The number of rotatable bonds is 22. The van der Waals surface area contributed by atoms with Gasteiger partial charge in [0.2, 0.25) is 0 Å². The number of aliphatic hydroxyl groups excluding tert-OH is 21. The molecule has 8 rings (SSSR count). The van der Waals surface area contributed by atoms with Gasteiger partial charge in [-0.2, -0.15) is 0 Å². The van der Waals surface area contributed by atoms with Crippen LogP contribution in [0.1, 0.15) is 34.6 Å². The molecule has 0 radical (unpaired) electrons. The van der Waals surface area contributed by atoms with Crippen LogP contribution in [0, 0.1) is 23.7 Å². The third-order valence-corrected chi connectivity index (χ3v) is 18.4. The average Bonchev–Trinajstić information content (AvgIpc) is 1.47. The van der Waals surface area contributed by atoms with E-state index in [2.05, 4.69) is 0 Å². The van der Waals surface area contributed by atoms with Gasteiger partial charge < -0.3 is 178 Å². The van der Waals surface area contributed by atoms with Gasteiger partial charge in [0, 0.05) is 23.7 Å². The van der Waals surface area contributed by atoms with Crippen molar-refractivity contribution in [2.45, 2.75) is 256 Å². The summed E-state index contributed by atoms with van der Waals surface area (Å²) in [4.78, 5) is 0. The number of ether oxygens (including phenoxy) is 15. The Morgan fingerprint density at radius 2 is 0.528 bits per heavy atom. The second kappa shape index (κ2) is 31.6. The van der Waals surface area contributed by atoms with E-state index in [9.17, 15) is 107 Å². The van der Waals surface area contributed by atoms with Crippen LogP contribution in [-0.4, -0.2) is 381 Å². The smallest absolute Gasteiger partial charge is 0.187 e. The van der Waals surface area contributed by atoms with Gasteiger partial charge in [-0.25, -0.2) is 0 Å². The van der Waals surface area contributed by atoms with Crippen LogP contribution in [0.2, 0.25) is 0 Å². The van der Waals surface area contributed by atoms with Crippen molar-refractivity contribution in [2.24, 2.45) is 23.7 Å². The minimum Gasteiger partial charge on any atom is -0.394 e. The van der Waals surface area contributed by atoms with Crippen LogP contribution >= 0.6 is 0 Å². The summed E-state index contributed by atoms with van der Waals surface area (Å²) in [6.45, 7) is 0.611. The lowest BCUT2D eigenvalue weighted by Crippen LogP contribution is -2.68. The molecule has 0 aromatic heterocycles. The maximum absolute atomic E-state index is 12.3. The van der Waals surface area contributed by atoms with Crippen LogP contribution in [0.4, 0.5) is 0 Å². The Morgan fingerprint density at radius 1 is 0.225 bits per heavy atom. The minimum atomic E-state index is -2.27. The van der Waals surface area contributed by atoms with Gasteiger partial charge in [0.15, 0.2) is 44.0 Å². The fourth-order valence-corrected chi connectivity index (χ4v) is 12.3. The standard InChI is InChI=1S/C53H92O36/c1-14-18(5)76-23(10-58)41(28(14)62)84-48-16(3)29(63)43(25(12-60)81-48)86-51-40(74)44(35(69)26(83-51)13-75-52-45(37(71)33(67)21(8-56)79-52)88-47-15(2)27(61)31(65)19(6-54)77-47)87-53-46(38(72)34(68)22(9-57)80-53)89-49-17(4)30(64)42(24(11-59)82-49)85-50-39(73)36(70)32(66)20(7-55)78-50/h14-74H,6-13H2,1-5H3/t14-,15?,16?,17+,18+,19+,20?,21?,22-,23?,24?,25?,26?,27?,28?,29?,30?,31-,32+,33-,34-,35-,36?,37?,38?,39+,40-,41-,42-,43-,44?,45-,46?,47+,48+,49+,50+,51+,52+,53-/m1/s1. The SMILES string of the molecule is CC1C(O)[C@H](O[C@@H]2OC(CO[C@H]3OC(CO)[C@@H](O)C(O)[C@H]3O[C@@H]3O[C@@H](CO)[C@@H](O)C(O)C3C)[C@@H](O)C(O[C@H]3O[C@H](CO)[C@@H](O)C(O)C3O[C@@H]3OC(CO)[C@@H](O[C@@H]4OC(CO)[C@H](O)C(O)[C@@H]4O)C(O)[C@@H]3C)[C@H]2O)C(CO)O[C@H]1O[C@@H]1C(CO)O[C@@H](C)[C@@H](C)C1O. The molecule has 520 valence electrons. The lowest BCUT2D eigenvalue weighted by molar-refractivity contribution is -0.401. The molecule has 89 heavy (non-hydrogen) atoms. The molecule has 21 N–H and O–H groups in total. The lowest BCUT2D eigenvalue weighted by Gasteiger charge is -2.51. The Morgan fingerprint density at radius 3 is 0.989 bits per heavy atom. The molecule has 8 saturated heterocycles. The molecule has 8 aliphatic rings. The third kappa shape index (κ3) is 15.2. The zero-order valence-electron chi connectivity index (χ0n) is 49.3. The second-order valence-electron chi connectivity index (χ2n) is 24.2. The second-order valence-corrected chi connectivity index (χ2v) is 24.2. The quantitative estimate of drug-likeness (QED) is 0.0479. The van der Waals surface area contributed by atoms with Crippen LogP contribution in [0.15, 0.2) is 0 Å². The van der Waals surface area contributed by atoms with Crippen molar-refractivity contribution in [3.63, 3.8) is 0 Å². The van der Waals surface area contributed by atoms with Gasteiger partial charge in [-0.15, -0.1) is 0 Å². The molecule has 8 aliphatic heterocycles. The zero-order chi connectivity index (χ0) is 65.4. The summed E-state index contributed by atoms with van der Waals surface area (Å²) in [5, 5.41) is 229. The van der Waals surface area contributed by atoms with Gasteiger partial charge in [-0.05, 0) is 6.92 Å². The van der Waals surface area contributed by atoms with E-state index >= 15 is 0 Å². The Balaban J connectivity index is 1.07. The van der Waals surface area contributed by atoms with Gasteiger partial charge in [0.1, 0.15) is 146 Å². The molecule has 0 aromatic rings. The maximum atomic E-state index is 12.3. The fourth-order valence-electron chi connectivity index (χ4n) is 12.3. The zero-order valence-corrected chi connectivity index (χ0v) is 49.3. The van der Waals surface area contributed by atoms with Gasteiger partial charge in [-0.3, -0.25) is 0 Å². The van der Waals surface area contributed by atoms with Crippen molar-refractivity contribution in [2.75, 3.05) is 52.9 Å². The van der Waals surface area contributed by atoms with Crippen LogP contribution in [-0.2, 0) is 71.1 Å². The van der Waals surface area contributed by atoms with Gasteiger partial charge >= 0.3 is 0 Å². The van der Waals surface area contributed by atoms with E-state index in [1.165, 1.54) is 20.8 Å². The van der Waals surface area contributed by atoms with Crippen LogP contribution in [0.3, 0.4) is 0 Å². The van der Waals surface area contributed by atoms with Crippen LogP contribution in [0.25, 0.3) is 0 Å². The molecule has 0 amide bonds. The first kappa shape index (κ1) is 73.4. The van der Waals surface area contributed by atoms with Gasteiger partial charge in [0.25, 0.3) is 0 Å². The van der Waals surface area contributed by atoms with E-state index in [4.69, 9.17) is 71.1 Å². The maximum Gasteiger partial charge on any atom is 0.187 e. The Bertz CT molecular complexity index is 2120. The first-order chi connectivity index (χ1) is 42.2. The Labute approximate surface area is 509 Å². The van der Waals surface area contributed by atoms with E-state index in [1.807, 2.05) is 0 Å². The normalized spacial score (nSPS) is 53.6. The molecule has 36 nitrogen and oxygen atoms in total. The summed E-state index contributed by atoms with van der Waals surface area (Å²) in [6, 6.07) is 0. The average molecular weight is 1310 g/mol. The molecule has 8 fully saturated rings. The predicted molar refractivity (Wildman–Crippen MR) is 281 cm³/mol. The number of hydrogen-bond acceptors (Lipinski definition) is 36. The van der Waals surface area contributed by atoms with Crippen molar-refractivity contribution in [1.82, 2.24) is 0 Å². The number of hydrogen-bond donors (Lipinski definition) is 21. The predicted octanol–water partition coefficient (Wildman–Crippen LogP) is -12.3. The molecule has 0 aromatic carbocycles. The molecule has 8 heterocycles. The van der Waals surface area contributed by atoms with E-state index < -0.39 is 298 Å². The summed E-state index contributed by atoms with van der Waals surface area (Å²) in [5.41, 5.74) is 0. The Hall–Kier alpha value is -1.44. The molecule has 17 unspecified atom stereocenters.